The molecule has 5 nitrogen and oxygen atoms in total. The van der Waals surface area contributed by atoms with Gasteiger partial charge in [0.2, 0.25) is 0 Å². The number of carboxylic acid groups (broad SMARTS) is 1. The van der Waals surface area contributed by atoms with Crippen LogP contribution in [0.2, 0.25) is 0 Å². The fourth-order valence-electron chi connectivity index (χ4n) is 1.94. The van der Waals surface area contributed by atoms with Gasteiger partial charge in [-0.1, -0.05) is 24.3 Å². The number of hydrogen-bond donors (Lipinski definition) is 1. The minimum Gasteiger partial charge on any atom is -0.496 e. The lowest BCUT2D eigenvalue weighted by Gasteiger charge is -2.04. The molecule has 0 fully saturated rings. The van der Waals surface area contributed by atoms with Crippen LogP contribution in [0.15, 0.2) is 53.0 Å². The first-order valence-corrected chi connectivity index (χ1v) is 7.79. The van der Waals surface area contributed by atoms with E-state index in [1.54, 1.807) is 37.5 Å². The molecular formula is C18H15BrO5. The molecule has 2 rings (SSSR count). The standard InChI is InChI=1S/C18H15BrO5/c1-23-17-8-6-12(9-15(17)19)5-7-16(20)13-3-2-4-14(10-13)24-11-18(21)22/h2-10H,11H2,1H3,(H,21,22)/b7-5+. The number of carbonyl (C=O) groups excluding carboxylic acids is 1. The van der Waals surface area contributed by atoms with Crippen LogP contribution in [0.4, 0.5) is 0 Å². The molecule has 0 aromatic heterocycles. The van der Waals surface area contributed by atoms with Gasteiger partial charge < -0.3 is 14.6 Å². The summed E-state index contributed by atoms with van der Waals surface area (Å²) in [6.07, 6.45) is 3.14. The minimum absolute atomic E-state index is 0.206. The number of ketones is 1. The van der Waals surface area contributed by atoms with Crippen LogP contribution in [0.25, 0.3) is 6.08 Å². The largest absolute Gasteiger partial charge is 0.496 e. The molecule has 0 heterocycles. The van der Waals surface area contributed by atoms with Crippen LogP contribution in [0, 0.1) is 0 Å². The average molecular weight is 391 g/mol. The van der Waals surface area contributed by atoms with E-state index in [4.69, 9.17) is 14.6 Å². The maximum atomic E-state index is 12.2. The van der Waals surface area contributed by atoms with Crippen molar-refractivity contribution in [3.05, 3.63) is 64.1 Å². The van der Waals surface area contributed by atoms with Gasteiger partial charge in [-0.3, -0.25) is 4.79 Å². The van der Waals surface area contributed by atoms with Gasteiger partial charge in [0, 0.05) is 5.56 Å². The molecule has 0 bridgehead atoms. The van der Waals surface area contributed by atoms with E-state index in [0.717, 1.165) is 10.0 Å². The molecule has 0 unspecified atom stereocenters. The van der Waals surface area contributed by atoms with Gasteiger partial charge in [-0.2, -0.15) is 0 Å². The van der Waals surface area contributed by atoms with Crippen molar-refractivity contribution in [2.75, 3.05) is 13.7 Å². The number of ether oxygens (including phenoxy) is 2. The summed E-state index contributed by atoms with van der Waals surface area (Å²) >= 11 is 3.39. The Hall–Kier alpha value is -2.60. The van der Waals surface area contributed by atoms with Gasteiger partial charge >= 0.3 is 5.97 Å². The lowest BCUT2D eigenvalue weighted by Crippen LogP contribution is -2.09. The average Bonchev–Trinajstić information content (AvgIpc) is 2.58. The summed E-state index contributed by atoms with van der Waals surface area (Å²) in [4.78, 5) is 22.7. The minimum atomic E-state index is -1.07. The Labute approximate surface area is 147 Å². The Morgan fingerprint density at radius 2 is 2.00 bits per heavy atom. The zero-order valence-corrected chi connectivity index (χ0v) is 14.4. The van der Waals surface area contributed by atoms with E-state index < -0.39 is 12.6 Å². The smallest absolute Gasteiger partial charge is 0.341 e. The molecule has 2 aromatic rings. The van der Waals surface area contributed by atoms with Gasteiger partial charge in [-0.15, -0.1) is 0 Å². The normalized spacial score (nSPS) is 10.6. The molecule has 0 atom stereocenters. The fraction of sp³-hybridized carbons (Fsp3) is 0.111. The number of methoxy groups -OCH3 is 1. The molecule has 0 amide bonds. The second-order valence-electron chi connectivity index (χ2n) is 4.80. The van der Waals surface area contributed by atoms with E-state index >= 15 is 0 Å². The third kappa shape index (κ3) is 4.96. The zero-order valence-electron chi connectivity index (χ0n) is 12.9. The molecule has 0 aliphatic heterocycles. The number of aliphatic carboxylic acids is 1. The Morgan fingerprint density at radius 3 is 2.67 bits per heavy atom. The van der Waals surface area contributed by atoms with Crippen molar-refractivity contribution in [3.8, 4) is 11.5 Å². The molecule has 0 aliphatic carbocycles. The molecule has 0 saturated heterocycles. The van der Waals surface area contributed by atoms with Crippen molar-refractivity contribution in [2.24, 2.45) is 0 Å². The molecule has 1 N–H and O–H groups in total. The van der Waals surface area contributed by atoms with Gasteiger partial charge in [0.05, 0.1) is 11.6 Å². The van der Waals surface area contributed by atoms with Crippen LogP contribution in [0.3, 0.4) is 0 Å². The first kappa shape index (κ1) is 17.7. The molecule has 24 heavy (non-hydrogen) atoms. The highest BCUT2D eigenvalue weighted by molar-refractivity contribution is 9.10. The zero-order chi connectivity index (χ0) is 17.5. The maximum absolute atomic E-state index is 12.2. The van der Waals surface area contributed by atoms with E-state index in [-0.39, 0.29) is 5.78 Å². The SMILES string of the molecule is COc1ccc(/C=C/C(=O)c2cccc(OCC(=O)O)c2)cc1Br. The summed E-state index contributed by atoms with van der Waals surface area (Å²) in [7, 11) is 1.58. The lowest BCUT2D eigenvalue weighted by molar-refractivity contribution is -0.139. The first-order valence-electron chi connectivity index (χ1n) is 7.00. The molecule has 2 aromatic carbocycles. The highest BCUT2D eigenvalue weighted by Gasteiger charge is 2.06. The van der Waals surface area contributed by atoms with Crippen LogP contribution in [-0.4, -0.2) is 30.6 Å². The van der Waals surface area contributed by atoms with Crippen LogP contribution < -0.4 is 9.47 Å². The molecule has 124 valence electrons. The summed E-state index contributed by atoms with van der Waals surface area (Å²) < 4.78 is 11.0. The van der Waals surface area contributed by atoms with Gasteiger partial charge in [0.25, 0.3) is 0 Å². The number of carbonyl (C=O) groups is 2. The number of hydrogen-bond acceptors (Lipinski definition) is 4. The third-order valence-corrected chi connectivity index (χ3v) is 3.70. The number of carboxylic acids is 1. The summed E-state index contributed by atoms with van der Waals surface area (Å²) in [6.45, 7) is -0.451. The summed E-state index contributed by atoms with van der Waals surface area (Å²) in [5.41, 5.74) is 1.26. The molecule has 0 saturated carbocycles. The van der Waals surface area contributed by atoms with E-state index in [1.165, 1.54) is 12.1 Å². The molecule has 0 spiro atoms. The molecular weight excluding hydrogens is 376 g/mol. The predicted octanol–water partition coefficient (Wildman–Crippen LogP) is 3.82. The van der Waals surface area contributed by atoms with Gasteiger partial charge in [0.1, 0.15) is 11.5 Å². The third-order valence-electron chi connectivity index (χ3n) is 3.08. The van der Waals surface area contributed by atoms with Crippen molar-refractivity contribution in [1.82, 2.24) is 0 Å². The Bertz CT molecular complexity index is 783. The lowest BCUT2D eigenvalue weighted by atomic mass is 10.1. The summed E-state index contributed by atoms with van der Waals surface area (Å²) in [5, 5.41) is 8.61. The van der Waals surface area contributed by atoms with Gasteiger partial charge in [-0.25, -0.2) is 4.79 Å². The highest BCUT2D eigenvalue weighted by atomic mass is 79.9. The van der Waals surface area contributed by atoms with Crippen LogP contribution in [-0.2, 0) is 4.79 Å². The van der Waals surface area contributed by atoms with E-state index in [1.807, 2.05) is 12.1 Å². The van der Waals surface area contributed by atoms with Crippen molar-refractivity contribution in [3.63, 3.8) is 0 Å². The fourth-order valence-corrected chi connectivity index (χ4v) is 2.50. The Kier molecular flexibility index (Phi) is 6.14. The van der Waals surface area contributed by atoms with E-state index in [2.05, 4.69) is 15.9 Å². The molecule has 0 radical (unpaired) electrons. The van der Waals surface area contributed by atoms with Crippen LogP contribution in [0.5, 0.6) is 11.5 Å². The van der Waals surface area contributed by atoms with E-state index in [9.17, 15) is 9.59 Å². The van der Waals surface area contributed by atoms with Crippen molar-refractivity contribution in [2.45, 2.75) is 0 Å². The Balaban J connectivity index is 2.10. The first-order chi connectivity index (χ1) is 11.5. The van der Waals surface area contributed by atoms with Crippen molar-refractivity contribution >= 4 is 33.8 Å². The second kappa shape index (κ2) is 8.31. The summed E-state index contributed by atoms with van der Waals surface area (Å²) in [6, 6.07) is 11.9. The maximum Gasteiger partial charge on any atom is 0.341 e. The molecule has 6 heteroatoms. The number of benzene rings is 2. The van der Waals surface area contributed by atoms with Crippen molar-refractivity contribution in [1.29, 1.82) is 0 Å². The second-order valence-corrected chi connectivity index (χ2v) is 5.66. The number of halogens is 1. The van der Waals surface area contributed by atoms with Gasteiger partial charge in [0.15, 0.2) is 12.4 Å². The van der Waals surface area contributed by atoms with Crippen LogP contribution >= 0.6 is 15.9 Å². The van der Waals surface area contributed by atoms with Gasteiger partial charge in [-0.05, 0) is 51.8 Å². The molecule has 0 aliphatic rings. The quantitative estimate of drug-likeness (QED) is 0.574. The number of rotatable bonds is 7. The van der Waals surface area contributed by atoms with E-state index in [0.29, 0.717) is 17.1 Å². The monoisotopic (exact) mass is 390 g/mol. The summed E-state index contributed by atoms with van der Waals surface area (Å²) in [5.74, 6) is -0.231. The highest BCUT2D eigenvalue weighted by Crippen LogP contribution is 2.26. The van der Waals surface area contributed by atoms with Crippen LogP contribution in [0.1, 0.15) is 15.9 Å². The Morgan fingerprint density at radius 1 is 1.21 bits per heavy atom. The number of allylic oxidation sites excluding steroid dienone is 1. The van der Waals surface area contributed by atoms with Crippen molar-refractivity contribution < 1.29 is 24.2 Å². The topological polar surface area (TPSA) is 72.8 Å². The predicted molar refractivity (Wildman–Crippen MR) is 93.6 cm³/mol.